The molecule has 1 amide bonds. The van der Waals surface area contributed by atoms with Crippen LogP contribution in [0.25, 0.3) is 11.0 Å². The third-order valence-electron chi connectivity index (χ3n) is 4.64. The Morgan fingerprint density at radius 1 is 1.06 bits per heavy atom. The maximum Gasteiger partial charge on any atom is 0.244 e. The van der Waals surface area contributed by atoms with Crippen molar-refractivity contribution in [3.05, 3.63) is 82.6 Å². The van der Waals surface area contributed by atoms with Gasteiger partial charge in [0, 0.05) is 16.8 Å². The van der Waals surface area contributed by atoms with E-state index in [9.17, 15) is 4.79 Å². The highest BCUT2D eigenvalue weighted by Gasteiger charge is 2.15. The molecule has 0 bridgehead atoms. The van der Waals surface area contributed by atoms with E-state index < -0.39 is 0 Å². The second-order valence-corrected chi connectivity index (χ2v) is 7.59. The van der Waals surface area contributed by atoms with Crippen LogP contribution in [0.5, 0.6) is 11.5 Å². The summed E-state index contributed by atoms with van der Waals surface area (Å²) in [5.41, 5.74) is 2.26. The molecule has 4 rings (SSSR count). The van der Waals surface area contributed by atoms with E-state index in [1.807, 2.05) is 41.0 Å². The summed E-state index contributed by atoms with van der Waals surface area (Å²) in [6.45, 7) is 0.216. The Balaban J connectivity index is 1.56. The number of methoxy groups -OCH3 is 1. The molecule has 8 heteroatoms. The quantitative estimate of drug-likeness (QED) is 0.395. The van der Waals surface area contributed by atoms with E-state index in [1.54, 1.807) is 37.4 Å². The number of carbonyl (C=O) groups excluding carboxylic acids is 1. The Hall–Kier alpha value is -3.22. The average Bonchev–Trinajstić information content (AvgIpc) is 3.10. The zero-order valence-corrected chi connectivity index (χ0v) is 18.2. The van der Waals surface area contributed by atoms with Gasteiger partial charge in [-0.1, -0.05) is 41.4 Å². The Bertz CT molecular complexity index is 1240. The number of nitrogens with zero attached hydrogens (tertiary/aromatic N) is 2. The van der Waals surface area contributed by atoms with Crippen LogP contribution in [0.4, 0.5) is 5.69 Å². The van der Waals surface area contributed by atoms with Crippen LogP contribution in [-0.4, -0.2) is 22.6 Å². The zero-order valence-electron chi connectivity index (χ0n) is 16.6. The topological polar surface area (TPSA) is 65.4 Å². The lowest BCUT2D eigenvalue weighted by atomic mass is 10.3. The molecule has 4 aromatic rings. The van der Waals surface area contributed by atoms with E-state index in [2.05, 4.69) is 10.3 Å². The number of rotatable bonds is 7. The summed E-state index contributed by atoms with van der Waals surface area (Å²) in [4.78, 5) is 17.4. The summed E-state index contributed by atoms with van der Waals surface area (Å²) in [6.07, 6.45) is 0. The standard InChI is InChI=1S/C23H19Cl2N3O3/c1-30-17-6-4-5-16(12-17)26-23(29)13-28-20-8-3-2-7-19(20)27-22(28)14-31-21-10-9-15(24)11-18(21)25/h2-12H,13-14H2,1H3,(H,26,29). The van der Waals surface area contributed by atoms with Crippen LogP contribution in [-0.2, 0) is 17.9 Å². The minimum atomic E-state index is -0.192. The molecule has 1 N–H and O–H groups in total. The predicted molar refractivity (Wildman–Crippen MR) is 122 cm³/mol. The lowest BCUT2D eigenvalue weighted by Crippen LogP contribution is -2.20. The fourth-order valence-electron chi connectivity index (χ4n) is 3.19. The Morgan fingerprint density at radius 3 is 2.71 bits per heavy atom. The second kappa shape index (κ2) is 9.29. The predicted octanol–water partition coefficient (Wildman–Crippen LogP) is 5.57. The molecule has 0 unspecified atom stereocenters. The molecule has 0 aliphatic heterocycles. The molecule has 158 valence electrons. The first-order chi connectivity index (χ1) is 15.0. The summed E-state index contributed by atoms with van der Waals surface area (Å²) >= 11 is 12.1. The highest BCUT2D eigenvalue weighted by molar-refractivity contribution is 6.35. The van der Waals surface area contributed by atoms with Crippen molar-refractivity contribution in [1.29, 1.82) is 0 Å². The van der Waals surface area contributed by atoms with Gasteiger partial charge < -0.3 is 19.4 Å². The van der Waals surface area contributed by atoms with E-state index >= 15 is 0 Å². The molecule has 0 radical (unpaired) electrons. The number of fused-ring (bicyclic) bond motifs is 1. The van der Waals surface area contributed by atoms with E-state index in [0.29, 0.717) is 33.1 Å². The van der Waals surface area contributed by atoms with Crippen LogP contribution >= 0.6 is 23.2 Å². The Labute approximate surface area is 189 Å². The lowest BCUT2D eigenvalue weighted by Gasteiger charge is -2.12. The van der Waals surface area contributed by atoms with E-state index in [-0.39, 0.29) is 19.1 Å². The Kier molecular flexibility index (Phi) is 6.30. The van der Waals surface area contributed by atoms with Crippen LogP contribution in [0.1, 0.15) is 5.82 Å². The van der Waals surface area contributed by atoms with E-state index in [4.69, 9.17) is 32.7 Å². The molecule has 0 aliphatic rings. The largest absolute Gasteiger partial charge is 0.497 e. The van der Waals surface area contributed by atoms with Gasteiger partial charge in [0.15, 0.2) is 0 Å². The van der Waals surface area contributed by atoms with Crippen molar-refractivity contribution in [3.63, 3.8) is 0 Å². The van der Waals surface area contributed by atoms with Gasteiger partial charge in [-0.25, -0.2) is 4.98 Å². The first-order valence-electron chi connectivity index (χ1n) is 9.49. The van der Waals surface area contributed by atoms with Crippen LogP contribution < -0.4 is 14.8 Å². The molecule has 0 fully saturated rings. The molecule has 0 saturated carbocycles. The van der Waals surface area contributed by atoms with Gasteiger partial charge in [0.05, 0.1) is 23.2 Å². The number of imidazole rings is 1. The van der Waals surface area contributed by atoms with Crippen LogP contribution in [0.2, 0.25) is 10.0 Å². The second-order valence-electron chi connectivity index (χ2n) is 6.75. The van der Waals surface area contributed by atoms with Crippen molar-refractivity contribution in [3.8, 4) is 11.5 Å². The van der Waals surface area contributed by atoms with Gasteiger partial charge in [0.1, 0.15) is 30.5 Å². The molecule has 0 aliphatic carbocycles. The minimum Gasteiger partial charge on any atom is -0.497 e. The fourth-order valence-corrected chi connectivity index (χ4v) is 3.65. The summed E-state index contributed by atoms with van der Waals surface area (Å²) in [5.74, 6) is 1.57. The van der Waals surface area contributed by atoms with Gasteiger partial charge in [-0.15, -0.1) is 0 Å². The van der Waals surface area contributed by atoms with E-state index in [0.717, 1.165) is 11.0 Å². The highest BCUT2D eigenvalue weighted by Crippen LogP contribution is 2.28. The Morgan fingerprint density at radius 2 is 1.90 bits per heavy atom. The molecule has 3 aromatic carbocycles. The normalized spacial score (nSPS) is 10.8. The molecule has 0 saturated heterocycles. The lowest BCUT2D eigenvalue weighted by molar-refractivity contribution is -0.116. The average molecular weight is 456 g/mol. The van der Waals surface area contributed by atoms with Gasteiger partial charge in [-0.3, -0.25) is 4.79 Å². The van der Waals surface area contributed by atoms with E-state index in [1.165, 1.54) is 0 Å². The number of aromatic nitrogens is 2. The monoisotopic (exact) mass is 455 g/mol. The van der Waals surface area contributed by atoms with Crippen LogP contribution in [0.3, 0.4) is 0 Å². The molecule has 1 aromatic heterocycles. The number of hydrogen-bond donors (Lipinski definition) is 1. The number of nitrogens with one attached hydrogen (secondary N) is 1. The number of ether oxygens (including phenoxy) is 2. The van der Waals surface area contributed by atoms with Crippen molar-refractivity contribution in [2.24, 2.45) is 0 Å². The number of halogens is 2. The van der Waals surface area contributed by atoms with Gasteiger partial charge in [0.25, 0.3) is 0 Å². The molecule has 31 heavy (non-hydrogen) atoms. The SMILES string of the molecule is COc1cccc(NC(=O)Cn2c(COc3ccc(Cl)cc3Cl)nc3ccccc32)c1. The number of para-hydroxylation sites is 2. The molecular weight excluding hydrogens is 437 g/mol. The molecule has 6 nitrogen and oxygen atoms in total. The first-order valence-corrected chi connectivity index (χ1v) is 10.2. The number of benzene rings is 3. The van der Waals surface area contributed by atoms with Crippen molar-refractivity contribution in [1.82, 2.24) is 9.55 Å². The molecule has 0 spiro atoms. The number of anilines is 1. The van der Waals surface area contributed by atoms with Crippen LogP contribution in [0.15, 0.2) is 66.7 Å². The maximum atomic E-state index is 12.8. The summed E-state index contributed by atoms with van der Waals surface area (Å²) in [6, 6.07) is 19.8. The van der Waals surface area contributed by atoms with Gasteiger partial charge in [-0.05, 0) is 42.5 Å². The van der Waals surface area contributed by atoms with Gasteiger partial charge in [-0.2, -0.15) is 0 Å². The van der Waals surface area contributed by atoms with Crippen molar-refractivity contribution in [2.45, 2.75) is 13.2 Å². The smallest absolute Gasteiger partial charge is 0.244 e. The van der Waals surface area contributed by atoms with Crippen molar-refractivity contribution in [2.75, 3.05) is 12.4 Å². The third kappa shape index (κ3) is 4.93. The van der Waals surface area contributed by atoms with Crippen molar-refractivity contribution < 1.29 is 14.3 Å². The van der Waals surface area contributed by atoms with Crippen LogP contribution in [0, 0.1) is 0 Å². The molecule has 0 atom stereocenters. The summed E-state index contributed by atoms with van der Waals surface area (Å²) in [5, 5.41) is 3.83. The maximum absolute atomic E-state index is 12.8. The minimum absolute atomic E-state index is 0.0742. The first kappa shape index (κ1) is 21.0. The number of amides is 1. The highest BCUT2D eigenvalue weighted by atomic mass is 35.5. The number of hydrogen-bond acceptors (Lipinski definition) is 4. The third-order valence-corrected chi connectivity index (χ3v) is 5.17. The fraction of sp³-hybridized carbons (Fsp3) is 0.130. The summed E-state index contributed by atoms with van der Waals surface area (Å²) < 4.78 is 12.9. The zero-order chi connectivity index (χ0) is 21.8. The number of carbonyl (C=O) groups is 1. The molecule has 1 heterocycles. The van der Waals surface area contributed by atoms with Crippen molar-refractivity contribution >= 4 is 45.8 Å². The van der Waals surface area contributed by atoms with Gasteiger partial charge >= 0.3 is 0 Å². The molecular formula is C23H19Cl2N3O3. The van der Waals surface area contributed by atoms with Gasteiger partial charge in [0.2, 0.25) is 5.91 Å². The summed E-state index contributed by atoms with van der Waals surface area (Å²) in [7, 11) is 1.58.